The van der Waals surface area contributed by atoms with Crippen LogP contribution in [-0.2, 0) is 85.3 Å². The normalized spacial score (nSPS) is 18.3. The summed E-state index contributed by atoms with van der Waals surface area (Å²) in [6.45, 7) is 17.5. The molecule has 9 aromatic carbocycles. The van der Waals surface area contributed by atoms with E-state index in [4.69, 9.17) is 43.5 Å². The number of nitrogen functional groups attached to an aromatic ring is 2. The third-order valence-electron chi connectivity index (χ3n) is 22.6. The van der Waals surface area contributed by atoms with Crippen LogP contribution < -0.4 is 22.1 Å². The van der Waals surface area contributed by atoms with E-state index in [1.807, 2.05) is 259 Å². The first-order valence-electron chi connectivity index (χ1n) is 44.6. The van der Waals surface area contributed by atoms with Gasteiger partial charge in [0.15, 0.2) is 0 Å². The molecule has 5 aliphatic heterocycles. The van der Waals surface area contributed by atoms with E-state index in [1.54, 1.807) is 35.5 Å². The van der Waals surface area contributed by atoms with Gasteiger partial charge in [-0.05, 0) is 187 Å². The number of aliphatic hydroxyl groups is 1. The second-order valence-electron chi connectivity index (χ2n) is 33.1. The number of carbonyl (C=O) groups is 5. The van der Waals surface area contributed by atoms with E-state index in [-0.39, 0.29) is 67.5 Å². The molecule has 0 aliphatic carbocycles. The number of nitrogens with two attached hydrogens (primary N) is 2. The molecule has 0 aromatic heterocycles. The maximum Gasteiger partial charge on any atom is 0.410 e. The van der Waals surface area contributed by atoms with Gasteiger partial charge in [-0.3, -0.25) is 8.37 Å². The van der Waals surface area contributed by atoms with Crippen LogP contribution >= 0.6 is 0 Å². The Morgan fingerprint density at radius 3 is 0.721 bits per heavy atom. The van der Waals surface area contributed by atoms with Gasteiger partial charge in [0.2, 0.25) is 0 Å². The number of piperidine rings is 5. The monoisotopic (exact) mass is 1810 g/mol. The lowest BCUT2D eigenvalue weighted by Gasteiger charge is -2.35. The average molecular weight is 1810 g/mol. The van der Waals surface area contributed by atoms with Gasteiger partial charge >= 0.3 is 30.5 Å². The number of anilines is 4. The number of hydrogen-bond acceptors (Lipinski definition) is 21. The highest BCUT2D eigenvalue weighted by molar-refractivity contribution is 7.86. The predicted molar refractivity (Wildman–Crippen MR) is 508 cm³/mol. The zero-order chi connectivity index (χ0) is 92.6. The van der Waals surface area contributed by atoms with Gasteiger partial charge in [0.1, 0.15) is 33.0 Å². The number of ether oxygens (including phenoxy) is 5. The van der Waals surface area contributed by atoms with E-state index < -0.39 is 32.4 Å². The number of nitrogens with one attached hydrogen (secondary N) is 2. The summed E-state index contributed by atoms with van der Waals surface area (Å²) in [6, 6.07) is 88.3. The van der Waals surface area contributed by atoms with Crippen LogP contribution in [0.4, 0.5) is 46.7 Å². The third kappa shape index (κ3) is 40.7. The van der Waals surface area contributed by atoms with Crippen molar-refractivity contribution in [2.24, 2.45) is 29.6 Å². The Labute approximate surface area is 764 Å². The molecule has 0 radical (unpaired) electrons. The van der Waals surface area contributed by atoms with E-state index >= 15 is 0 Å². The molecule has 14 rings (SSSR count). The van der Waals surface area contributed by atoms with Crippen LogP contribution in [0.15, 0.2) is 273 Å². The molecule has 5 saturated heterocycles. The fourth-order valence-electron chi connectivity index (χ4n) is 15.4. The molecule has 5 aliphatic rings. The maximum atomic E-state index is 12.4. The zero-order valence-corrected chi connectivity index (χ0v) is 77.3. The van der Waals surface area contributed by atoms with Crippen LogP contribution in [0.25, 0.3) is 0 Å². The molecular formula is C101H133N9O17S2. The van der Waals surface area contributed by atoms with Crippen molar-refractivity contribution in [3.8, 4) is 0 Å². The summed E-state index contributed by atoms with van der Waals surface area (Å²) in [5, 5.41) is 16.7. The molecule has 10 atom stereocenters. The highest BCUT2D eigenvalue weighted by atomic mass is 32.2. The first-order valence-corrected chi connectivity index (χ1v) is 48.2. The fraction of sp³-hybridized carbons (Fsp3) is 0.416. The predicted octanol–water partition coefficient (Wildman–Crippen LogP) is 18.8. The van der Waals surface area contributed by atoms with Crippen LogP contribution in [0.2, 0.25) is 0 Å². The highest BCUT2D eigenvalue weighted by Crippen LogP contribution is 2.29. The van der Waals surface area contributed by atoms with Crippen molar-refractivity contribution in [3.05, 3.63) is 301 Å². The molecule has 26 nitrogen and oxygen atoms in total. The molecule has 0 bridgehead atoms. The van der Waals surface area contributed by atoms with E-state index in [1.165, 1.54) is 0 Å². The lowest BCUT2D eigenvalue weighted by atomic mass is 9.91. The molecule has 28 heteroatoms. The number of para-hydroxylation sites is 4. The Morgan fingerprint density at radius 1 is 0.318 bits per heavy atom. The molecular weight excluding hydrogens is 1680 g/mol. The number of amides is 5. The zero-order valence-electron chi connectivity index (χ0n) is 75.6. The Morgan fingerprint density at radius 2 is 0.512 bits per heavy atom. The number of rotatable bonds is 23. The SMILES string of the molecule is C[C@@H](Nc1ccccc1)[C@H]1CCCN(C(=O)OCc2ccccc2)C1.C[C@@H](O)[C@H]1CCCN(C(=O)OCc2ccccc2)C1.C[C@@H](OS(C)(=O)=O)[C@H]1CCCN(C(=O)OCc2ccccc2)C1.C[C@H](Nc1ccccc1)[C@H]1CCCN(C(=O)OCc2ccccc2)C1.C[C@H](OS(C)(=O)=O)[C@H]1CCCN(C(=O)OCc2ccccc2)C1.Nc1ccccc1.Nc1ccccc1. The van der Waals surface area contributed by atoms with E-state index in [0.29, 0.717) is 76.5 Å². The van der Waals surface area contributed by atoms with Crippen molar-refractivity contribution in [2.75, 3.05) is 100 Å². The molecule has 129 heavy (non-hydrogen) atoms. The van der Waals surface area contributed by atoms with Crippen molar-refractivity contribution < 1.29 is 78.0 Å². The molecule has 7 N–H and O–H groups in total. The summed E-state index contributed by atoms with van der Waals surface area (Å²) < 4.78 is 81.9. The minimum Gasteiger partial charge on any atom is -0.445 e. The van der Waals surface area contributed by atoms with Gasteiger partial charge in [0.25, 0.3) is 20.2 Å². The van der Waals surface area contributed by atoms with Crippen LogP contribution in [0.5, 0.6) is 0 Å². The topological polar surface area (TPSA) is 331 Å². The fourth-order valence-corrected chi connectivity index (χ4v) is 16.8. The van der Waals surface area contributed by atoms with Gasteiger partial charge < -0.3 is 75.4 Å². The summed E-state index contributed by atoms with van der Waals surface area (Å²) in [4.78, 5) is 69.7. The van der Waals surface area contributed by atoms with Crippen molar-refractivity contribution in [3.63, 3.8) is 0 Å². The quantitative estimate of drug-likeness (QED) is 0.0226. The standard InChI is InChI=1S/2C21H26N2O2.2C16H23NO5S.C15H21NO3.2C6H7N/c2*1-17(22-20-12-6-3-7-13-20)19-11-8-14-23(15-19)21(24)25-16-18-9-4-2-5-10-18;2*1-13(22-23(2,19)20)15-9-6-10-17(11-15)16(18)21-12-14-7-4-3-5-8-14;1-12(17)14-8-5-9-16(10-14)15(18)19-11-13-6-3-2-4-7-13;2*7-6-4-2-1-3-5-6/h2*2-7,9-10,12-13,17,19,22H,8,11,14-16H2,1H3;2*3-5,7-8,13,15H,6,9-12H2,1-2H3;2-4,6-7,12,14,17H,5,8-11H2,1H3;2*1-5H,7H2/t17-,19+;17-,19-;13-,15+;13-,15-;12-,14+;;/m10101../s1. The van der Waals surface area contributed by atoms with Crippen LogP contribution in [0, 0.1) is 29.6 Å². The summed E-state index contributed by atoms with van der Waals surface area (Å²) >= 11 is 0. The lowest BCUT2D eigenvalue weighted by Crippen LogP contribution is -2.44. The summed E-state index contributed by atoms with van der Waals surface area (Å²) in [5.74, 6) is 1.000. The molecule has 0 unspecified atom stereocenters. The number of likely N-dealkylation sites (tertiary alicyclic amines) is 5. The Bertz CT molecular complexity index is 4620. The van der Waals surface area contributed by atoms with Crippen LogP contribution in [0.1, 0.15) is 127 Å². The smallest absolute Gasteiger partial charge is 0.410 e. The molecule has 0 saturated carbocycles. The summed E-state index contributed by atoms with van der Waals surface area (Å²) in [7, 11) is -6.98. The van der Waals surface area contributed by atoms with Gasteiger partial charge in [-0.25, -0.2) is 24.0 Å². The number of benzene rings is 9. The Balaban J connectivity index is 0.000000192. The number of aliphatic hydroxyl groups excluding tert-OH is 1. The highest BCUT2D eigenvalue weighted by Gasteiger charge is 2.35. The molecule has 696 valence electrons. The molecule has 5 heterocycles. The van der Waals surface area contributed by atoms with Gasteiger partial charge in [0, 0.05) is 118 Å². The second-order valence-corrected chi connectivity index (χ2v) is 36.3. The minimum atomic E-state index is -3.49. The molecule has 5 amide bonds. The summed E-state index contributed by atoms with van der Waals surface area (Å²) in [5.41, 5.74) is 19.5. The van der Waals surface area contributed by atoms with Crippen LogP contribution in [-0.4, -0.2) is 185 Å². The van der Waals surface area contributed by atoms with Gasteiger partial charge in [0.05, 0.1) is 30.8 Å². The van der Waals surface area contributed by atoms with Gasteiger partial charge in [-0.15, -0.1) is 0 Å². The Hall–Kier alpha value is -11.7. The molecule has 9 aromatic rings. The second kappa shape index (κ2) is 55.9. The number of nitrogens with zero attached hydrogens (tertiary/aromatic N) is 5. The summed E-state index contributed by atoms with van der Waals surface area (Å²) in [6.07, 6.45) is 8.85. The first-order chi connectivity index (χ1) is 62.1. The Kier molecular flexibility index (Phi) is 44.5. The van der Waals surface area contributed by atoms with Crippen molar-refractivity contribution in [2.45, 2.75) is 162 Å². The first kappa shape index (κ1) is 103. The average Bonchev–Trinajstić information content (AvgIpc) is 0.854. The number of carbonyl (C=O) groups excluding carboxylic acids is 5. The largest absolute Gasteiger partial charge is 0.445 e. The van der Waals surface area contributed by atoms with E-state index in [9.17, 15) is 45.9 Å². The van der Waals surface area contributed by atoms with Crippen LogP contribution in [0.3, 0.4) is 0 Å². The number of hydrogen-bond donors (Lipinski definition) is 5. The van der Waals surface area contributed by atoms with Gasteiger partial charge in [-0.2, -0.15) is 16.8 Å². The van der Waals surface area contributed by atoms with Crippen molar-refractivity contribution in [1.29, 1.82) is 0 Å². The van der Waals surface area contributed by atoms with Crippen molar-refractivity contribution in [1.82, 2.24) is 24.5 Å². The third-order valence-corrected chi connectivity index (χ3v) is 23.9. The maximum absolute atomic E-state index is 12.4. The van der Waals surface area contributed by atoms with Crippen molar-refractivity contribution >= 4 is 73.5 Å². The molecule has 0 spiro atoms. The molecule has 5 fully saturated rings. The minimum absolute atomic E-state index is 0.0113. The van der Waals surface area contributed by atoms with Gasteiger partial charge in [-0.1, -0.05) is 224 Å². The van der Waals surface area contributed by atoms with E-state index in [2.05, 4.69) is 48.7 Å². The lowest BCUT2D eigenvalue weighted by molar-refractivity contribution is 0.0448. The van der Waals surface area contributed by atoms with E-state index in [0.717, 1.165) is 160 Å².